The molecule has 1 amide bonds. The first-order valence-corrected chi connectivity index (χ1v) is 7.16. The number of thioether (sulfide) groups is 1. The number of likely N-dealkylation sites (N-methyl/N-ethyl adjacent to an activating group) is 1. The Labute approximate surface area is 126 Å². The number of nitrogens with one attached hydrogen (secondary N) is 1. The Morgan fingerprint density at radius 3 is 2.95 bits per heavy atom. The van der Waals surface area contributed by atoms with Gasteiger partial charge in [-0.05, 0) is 50.1 Å². The molecule has 0 bridgehead atoms. The lowest BCUT2D eigenvalue weighted by atomic mass is 10.2. The normalized spacial score (nSPS) is 18.8. The molecule has 112 valence electrons. The Morgan fingerprint density at radius 1 is 1.48 bits per heavy atom. The van der Waals surface area contributed by atoms with Crippen molar-refractivity contribution in [3.63, 3.8) is 0 Å². The molecule has 2 N–H and O–H groups in total. The van der Waals surface area contributed by atoms with Crippen molar-refractivity contribution in [3.05, 3.63) is 34.5 Å². The van der Waals surface area contributed by atoms with E-state index in [-0.39, 0.29) is 17.2 Å². The van der Waals surface area contributed by atoms with Crippen LogP contribution in [0.4, 0.5) is 4.39 Å². The number of nitrogens with zero attached hydrogens (tertiary/aromatic N) is 2. The quantitative estimate of drug-likeness (QED) is 0.830. The zero-order valence-corrected chi connectivity index (χ0v) is 12.6. The molecule has 1 heterocycles. The second kappa shape index (κ2) is 6.73. The smallest absolute Gasteiger partial charge is 0.264 e. The lowest BCUT2D eigenvalue weighted by Gasteiger charge is -2.05. The van der Waals surface area contributed by atoms with Gasteiger partial charge < -0.3 is 15.3 Å². The van der Waals surface area contributed by atoms with Crippen LogP contribution in [0, 0.1) is 5.82 Å². The summed E-state index contributed by atoms with van der Waals surface area (Å²) in [5.74, 6) is -0.857. The molecule has 1 saturated heterocycles. The van der Waals surface area contributed by atoms with E-state index in [1.54, 1.807) is 0 Å². The zero-order chi connectivity index (χ0) is 15.4. The van der Waals surface area contributed by atoms with Crippen molar-refractivity contribution in [2.45, 2.75) is 0 Å². The molecule has 0 atom stereocenters. The first-order valence-electron chi connectivity index (χ1n) is 6.34. The van der Waals surface area contributed by atoms with Crippen molar-refractivity contribution in [1.82, 2.24) is 10.2 Å². The first-order chi connectivity index (χ1) is 9.95. The third kappa shape index (κ3) is 4.30. The first kappa shape index (κ1) is 15.5. The molecule has 5 nitrogen and oxygen atoms in total. The maximum absolute atomic E-state index is 13.6. The number of carbonyl (C=O) groups is 1. The molecule has 2 rings (SSSR count). The van der Waals surface area contributed by atoms with Gasteiger partial charge in [0, 0.05) is 12.1 Å². The lowest BCUT2D eigenvalue weighted by molar-refractivity contribution is -0.115. The molecule has 0 unspecified atom stereocenters. The average molecular weight is 309 g/mol. The standard InChI is InChI=1S/C14H16FN3O2S/c1-18(2)6-5-16-14-17-13(20)12(21-14)8-9-7-10(19)3-4-11(9)15/h3-4,7-8,19H,5-6H2,1-2H3,(H,16,17,20)/b12-8+. The Balaban J connectivity index is 2.12. The minimum Gasteiger partial charge on any atom is -0.508 e. The summed E-state index contributed by atoms with van der Waals surface area (Å²) in [5.41, 5.74) is 0.169. The van der Waals surface area contributed by atoms with Gasteiger partial charge in [-0.15, -0.1) is 0 Å². The summed E-state index contributed by atoms with van der Waals surface area (Å²) in [5, 5.41) is 12.5. The number of amides is 1. The third-order valence-electron chi connectivity index (χ3n) is 2.72. The number of halogens is 1. The molecular formula is C14H16FN3O2S. The fraction of sp³-hybridized carbons (Fsp3) is 0.286. The summed E-state index contributed by atoms with van der Waals surface area (Å²) in [6.07, 6.45) is 1.41. The average Bonchev–Trinajstić information content (AvgIpc) is 2.74. The van der Waals surface area contributed by atoms with Gasteiger partial charge in [-0.25, -0.2) is 4.39 Å². The van der Waals surface area contributed by atoms with Gasteiger partial charge >= 0.3 is 0 Å². The predicted molar refractivity (Wildman–Crippen MR) is 82.6 cm³/mol. The van der Waals surface area contributed by atoms with E-state index in [9.17, 15) is 14.3 Å². The van der Waals surface area contributed by atoms with Gasteiger partial charge in [0.1, 0.15) is 11.6 Å². The molecule has 0 aliphatic carbocycles. The maximum Gasteiger partial charge on any atom is 0.264 e. The molecule has 0 spiro atoms. The summed E-state index contributed by atoms with van der Waals surface area (Å²) in [7, 11) is 3.88. The van der Waals surface area contributed by atoms with E-state index < -0.39 is 5.82 Å². The number of phenols is 1. The largest absolute Gasteiger partial charge is 0.508 e. The Bertz CT molecular complexity index is 614. The second-order valence-corrected chi connectivity index (χ2v) is 5.79. The van der Waals surface area contributed by atoms with Crippen molar-refractivity contribution >= 4 is 28.9 Å². The van der Waals surface area contributed by atoms with Gasteiger partial charge in [0.2, 0.25) is 0 Å². The second-order valence-electron chi connectivity index (χ2n) is 4.76. The summed E-state index contributed by atoms with van der Waals surface area (Å²) in [6.45, 7) is 1.35. The van der Waals surface area contributed by atoms with Crippen LogP contribution in [0.2, 0.25) is 0 Å². The number of aliphatic imine (C=N–C) groups is 1. The van der Waals surface area contributed by atoms with Gasteiger partial charge in [-0.3, -0.25) is 9.79 Å². The van der Waals surface area contributed by atoms with Crippen LogP contribution in [0.15, 0.2) is 28.1 Å². The van der Waals surface area contributed by atoms with Gasteiger partial charge in [0.15, 0.2) is 5.17 Å². The maximum atomic E-state index is 13.6. The van der Waals surface area contributed by atoms with Crippen molar-refractivity contribution in [3.8, 4) is 5.75 Å². The SMILES string of the molecule is CN(C)CCN=C1NC(=O)/C(=C\c2cc(O)ccc2F)S1. The van der Waals surface area contributed by atoms with Crippen molar-refractivity contribution in [2.75, 3.05) is 27.2 Å². The van der Waals surface area contributed by atoms with Gasteiger partial charge in [0.05, 0.1) is 11.4 Å². The molecule has 7 heteroatoms. The van der Waals surface area contributed by atoms with E-state index in [1.165, 1.54) is 18.2 Å². The fourth-order valence-corrected chi connectivity index (χ4v) is 2.47. The Morgan fingerprint density at radius 2 is 2.24 bits per heavy atom. The van der Waals surface area contributed by atoms with Gasteiger partial charge in [-0.1, -0.05) is 0 Å². The highest BCUT2D eigenvalue weighted by Crippen LogP contribution is 2.27. The molecular weight excluding hydrogens is 293 g/mol. The molecule has 0 saturated carbocycles. The van der Waals surface area contributed by atoms with E-state index in [4.69, 9.17) is 0 Å². The number of rotatable bonds is 4. The van der Waals surface area contributed by atoms with Crippen molar-refractivity contribution in [1.29, 1.82) is 0 Å². The Kier molecular flexibility index (Phi) is 4.98. The van der Waals surface area contributed by atoms with Crippen molar-refractivity contribution < 1.29 is 14.3 Å². The van der Waals surface area contributed by atoms with E-state index >= 15 is 0 Å². The monoisotopic (exact) mass is 309 g/mol. The molecule has 21 heavy (non-hydrogen) atoms. The van der Waals surface area contributed by atoms with Crippen LogP contribution in [0.25, 0.3) is 6.08 Å². The topological polar surface area (TPSA) is 64.9 Å². The van der Waals surface area contributed by atoms with E-state index in [1.807, 2.05) is 19.0 Å². The summed E-state index contributed by atoms with van der Waals surface area (Å²) >= 11 is 1.16. The van der Waals surface area contributed by atoms with Crippen LogP contribution in [0.1, 0.15) is 5.56 Å². The highest BCUT2D eigenvalue weighted by molar-refractivity contribution is 8.18. The minimum atomic E-state index is -0.494. The molecule has 1 aliphatic rings. The zero-order valence-electron chi connectivity index (χ0n) is 11.8. The van der Waals surface area contributed by atoms with Crippen LogP contribution < -0.4 is 5.32 Å². The third-order valence-corrected chi connectivity index (χ3v) is 3.67. The van der Waals surface area contributed by atoms with Gasteiger partial charge in [-0.2, -0.15) is 0 Å². The molecule has 0 aromatic heterocycles. The predicted octanol–water partition coefficient (Wildman–Crippen LogP) is 1.65. The summed E-state index contributed by atoms with van der Waals surface area (Å²) < 4.78 is 13.6. The van der Waals surface area contributed by atoms with Crippen molar-refractivity contribution in [2.24, 2.45) is 4.99 Å². The van der Waals surface area contributed by atoms with E-state index in [0.717, 1.165) is 24.4 Å². The highest BCUT2D eigenvalue weighted by Gasteiger charge is 2.23. The highest BCUT2D eigenvalue weighted by atomic mass is 32.2. The molecule has 1 aromatic carbocycles. The van der Waals surface area contributed by atoms with Crippen LogP contribution in [-0.4, -0.2) is 48.3 Å². The minimum absolute atomic E-state index is 0.0495. The van der Waals surface area contributed by atoms with E-state index in [2.05, 4.69) is 10.3 Å². The summed E-state index contributed by atoms with van der Waals surface area (Å²) in [4.78, 5) is 18.4. The summed E-state index contributed by atoms with van der Waals surface area (Å²) in [6, 6.07) is 3.69. The molecule has 1 fully saturated rings. The van der Waals surface area contributed by atoms with Crippen LogP contribution in [-0.2, 0) is 4.79 Å². The van der Waals surface area contributed by atoms with Crippen LogP contribution >= 0.6 is 11.8 Å². The lowest BCUT2D eigenvalue weighted by Crippen LogP contribution is -2.21. The molecule has 1 aromatic rings. The number of aromatic hydroxyl groups is 1. The molecule has 1 aliphatic heterocycles. The number of phenolic OH excluding ortho intramolecular Hbond substituents is 1. The Hall–Kier alpha value is -1.86. The fourth-order valence-electron chi connectivity index (χ4n) is 1.64. The number of hydrogen-bond acceptors (Lipinski definition) is 5. The van der Waals surface area contributed by atoms with Crippen LogP contribution in [0.5, 0.6) is 5.75 Å². The number of hydrogen-bond donors (Lipinski definition) is 2. The molecule has 0 radical (unpaired) electrons. The van der Waals surface area contributed by atoms with E-state index in [0.29, 0.717) is 16.6 Å². The van der Waals surface area contributed by atoms with Crippen LogP contribution in [0.3, 0.4) is 0 Å². The number of amidine groups is 1. The number of carbonyl (C=O) groups excluding carboxylic acids is 1. The van der Waals surface area contributed by atoms with Gasteiger partial charge in [0.25, 0.3) is 5.91 Å². The number of benzene rings is 1.